The van der Waals surface area contributed by atoms with Gasteiger partial charge in [0.15, 0.2) is 12.5 Å². The number of primary sulfonamides is 1. The first-order valence-electron chi connectivity index (χ1n) is 8.74. The van der Waals surface area contributed by atoms with Gasteiger partial charge in [0.1, 0.15) is 15.6 Å². The topological polar surface area (TPSA) is 194 Å². The fourth-order valence-electron chi connectivity index (χ4n) is 3.10. The van der Waals surface area contributed by atoms with Crippen LogP contribution in [0.1, 0.15) is 5.56 Å². The highest BCUT2D eigenvalue weighted by Crippen LogP contribution is 2.35. The Morgan fingerprint density at radius 1 is 1.10 bits per heavy atom. The van der Waals surface area contributed by atoms with Crippen LogP contribution in [0.2, 0.25) is 0 Å². The average molecular weight is 451 g/mol. The number of nitrogen functional groups attached to an aromatic ring is 1. The number of amidine groups is 1. The van der Waals surface area contributed by atoms with Crippen LogP contribution in [0.3, 0.4) is 0 Å². The third kappa shape index (κ3) is 3.82. The summed E-state index contributed by atoms with van der Waals surface area (Å²) in [4.78, 5) is 7.01. The molecule has 1 fully saturated rings. The highest BCUT2D eigenvalue weighted by molar-refractivity contribution is 7.92. The van der Waals surface area contributed by atoms with Gasteiger partial charge in [0.25, 0.3) is 0 Å². The van der Waals surface area contributed by atoms with Crippen molar-refractivity contribution in [3.63, 3.8) is 0 Å². The molecule has 4 rings (SSSR count). The predicted octanol–water partition coefficient (Wildman–Crippen LogP) is -0.602. The smallest absolute Gasteiger partial charge is 0.242 e. The molecule has 0 bridgehead atoms. The van der Waals surface area contributed by atoms with Crippen LogP contribution in [0.15, 0.2) is 55.5 Å². The highest BCUT2D eigenvalue weighted by atomic mass is 32.2. The average Bonchev–Trinajstić information content (AvgIpc) is 3.18. The molecule has 2 aromatic rings. The predicted molar refractivity (Wildman–Crippen MR) is 109 cm³/mol. The molecule has 158 valence electrons. The summed E-state index contributed by atoms with van der Waals surface area (Å²) in [6.07, 6.45) is 1.43. The lowest BCUT2D eigenvalue weighted by Crippen LogP contribution is -2.56. The molecule has 12 nitrogen and oxygen atoms in total. The van der Waals surface area contributed by atoms with E-state index in [9.17, 15) is 16.8 Å². The van der Waals surface area contributed by atoms with Crippen molar-refractivity contribution in [3.05, 3.63) is 36.0 Å². The van der Waals surface area contributed by atoms with Crippen molar-refractivity contribution in [1.82, 2.24) is 15.0 Å². The molecule has 0 unspecified atom stereocenters. The normalized spacial score (nSPS) is 17.0. The van der Waals surface area contributed by atoms with E-state index >= 15 is 0 Å². The van der Waals surface area contributed by atoms with Crippen LogP contribution in [0.4, 0.5) is 5.82 Å². The number of hydrogen-bond acceptors (Lipinski definition) is 10. The van der Waals surface area contributed by atoms with E-state index in [-0.39, 0.29) is 29.9 Å². The van der Waals surface area contributed by atoms with Crippen LogP contribution in [0.25, 0.3) is 11.1 Å². The van der Waals surface area contributed by atoms with E-state index < -0.39 is 29.8 Å². The number of sulfonamides is 2. The highest BCUT2D eigenvalue weighted by Gasteiger charge is 2.34. The number of rotatable bonds is 6. The van der Waals surface area contributed by atoms with Gasteiger partial charge in [0, 0.05) is 30.9 Å². The third-order valence-corrected chi connectivity index (χ3v) is 7.25. The number of aliphatic imine (C=N–C) groups is 1. The lowest BCUT2D eigenvalue weighted by Gasteiger charge is -2.28. The number of azo groups is 1. The third-order valence-electron chi connectivity index (χ3n) is 4.57. The molecule has 6 N–H and O–H groups in total. The first-order chi connectivity index (χ1) is 14.2. The minimum absolute atomic E-state index is 0.0121. The van der Waals surface area contributed by atoms with Gasteiger partial charge in [-0.15, -0.1) is 5.11 Å². The maximum absolute atomic E-state index is 13.0. The van der Waals surface area contributed by atoms with Crippen LogP contribution < -0.4 is 20.9 Å². The number of nitrogens with one attached hydrogen (secondary N) is 2. The SMILES string of the molecule is Nc1ccc(-c2ccc(S(=O)(=O)NC3CNC3)c(S(N)(=O)=O)c2C2=NCN=N2)cn1. The Hall–Kier alpha value is -2.78. The summed E-state index contributed by atoms with van der Waals surface area (Å²) in [7, 11) is -8.71. The van der Waals surface area contributed by atoms with Crippen molar-refractivity contribution in [1.29, 1.82) is 0 Å². The number of aromatic nitrogens is 1. The van der Waals surface area contributed by atoms with E-state index in [0.29, 0.717) is 24.2 Å². The Labute approximate surface area is 172 Å². The van der Waals surface area contributed by atoms with Crippen molar-refractivity contribution in [2.24, 2.45) is 20.4 Å². The van der Waals surface area contributed by atoms with Gasteiger partial charge in [-0.3, -0.25) is 0 Å². The number of anilines is 1. The fraction of sp³-hybridized carbons (Fsp3) is 0.250. The standard InChI is InChI=1S/C16H18N8O4S2/c17-13-4-1-9(5-20-13)11-2-3-12(30(27,28)24-10-6-19-7-10)15(29(18,25)26)14(11)16-21-8-22-23-16/h1-5,10,19,24H,6-8H2,(H2,17,20)(H2,18,25,26). The van der Waals surface area contributed by atoms with Gasteiger partial charge < -0.3 is 11.1 Å². The van der Waals surface area contributed by atoms with E-state index in [2.05, 4.69) is 30.2 Å². The second kappa shape index (κ2) is 7.48. The number of benzene rings is 1. The van der Waals surface area contributed by atoms with Crippen molar-refractivity contribution in [3.8, 4) is 11.1 Å². The molecule has 14 heteroatoms. The Morgan fingerprint density at radius 3 is 2.40 bits per heavy atom. The van der Waals surface area contributed by atoms with Crippen LogP contribution in [-0.2, 0) is 20.0 Å². The Morgan fingerprint density at radius 2 is 1.87 bits per heavy atom. The summed E-state index contributed by atoms with van der Waals surface area (Å²) in [5, 5.41) is 16.0. The van der Waals surface area contributed by atoms with E-state index in [0.717, 1.165) is 0 Å². The molecule has 2 aliphatic heterocycles. The van der Waals surface area contributed by atoms with Gasteiger partial charge in [0.2, 0.25) is 20.0 Å². The minimum Gasteiger partial charge on any atom is -0.384 e. The van der Waals surface area contributed by atoms with Gasteiger partial charge >= 0.3 is 0 Å². The maximum Gasteiger partial charge on any atom is 0.242 e. The molecule has 30 heavy (non-hydrogen) atoms. The monoisotopic (exact) mass is 450 g/mol. The molecule has 1 aromatic carbocycles. The Balaban J connectivity index is 2.01. The quantitative estimate of drug-likeness (QED) is 0.451. The molecule has 2 aliphatic rings. The zero-order valence-corrected chi connectivity index (χ0v) is 17.1. The first-order valence-corrected chi connectivity index (χ1v) is 11.8. The fourth-order valence-corrected chi connectivity index (χ4v) is 5.94. The van der Waals surface area contributed by atoms with Crippen LogP contribution in [-0.4, -0.2) is 53.5 Å². The Kier molecular flexibility index (Phi) is 5.11. The summed E-state index contributed by atoms with van der Waals surface area (Å²) in [5.74, 6) is 0.232. The van der Waals surface area contributed by atoms with Crippen molar-refractivity contribution in [2.45, 2.75) is 15.8 Å². The zero-order chi connectivity index (χ0) is 21.5. The molecular formula is C16H18N8O4S2. The molecular weight excluding hydrogens is 432 g/mol. The van der Waals surface area contributed by atoms with Gasteiger partial charge in [-0.2, -0.15) is 5.11 Å². The zero-order valence-electron chi connectivity index (χ0n) is 15.5. The molecule has 0 saturated carbocycles. The molecule has 0 aliphatic carbocycles. The van der Waals surface area contributed by atoms with E-state index in [1.807, 2.05) is 0 Å². The lowest BCUT2D eigenvalue weighted by atomic mass is 10.00. The molecule has 3 heterocycles. The molecule has 0 amide bonds. The summed E-state index contributed by atoms with van der Waals surface area (Å²) in [6, 6.07) is 5.45. The summed E-state index contributed by atoms with van der Waals surface area (Å²) in [5.41, 5.74) is 6.39. The Bertz CT molecular complexity index is 1270. The number of hydrogen-bond donors (Lipinski definition) is 4. The summed E-state index contributed by atoms with van der Waals surface area (Å²) >= 11 is 0. The van der Waals surface area contributed by atoms with Crippen LogP contribution >= 0.6 is 0 Å². The van der Waals surface area contributed by atoms with E-state index in [1.165, 1.54) is 24.4 Å². The lowest BCUT2D eigenvalue weighted by molar-refractivity contribution is 0.410. The number of nitrogens with zero attached hydrogens (tertiary/aromatic N) is 4. The minimum atomic E-state index is -4.51. The molecule has 0 radical (unpaired) electrons. The van der Waals surface area contributed by atoms with Gasteiger partial charge in [-0.05, 0) is 23.8 Å². The second-order valence-electron chi connectivity index (χ2n) is 6.67. The van der Waals surface area contributed by atoms with E-state index in [4.69, 9.17) is 10.9 Å². The first kappa shape index (κ1) is 20.5. The number of nitrogens with two attached hydrogens (primary N) is 2. The van der Waals surface area contributed by atoms with Crippen LogP contribution in [0, 0.1) is 0 Å². The maximum atomic E-state index is 13.0. The van der Waals surface area contributed by atoms with E-state index in [1.54, 1.807) is 6.07 Å². The molecule has 1 saturated heterocycles. The summed E-state index contributed by atoms with van der Waals surface area (Å²) in [6.45, 7) is 0.863. The molecule has 0 atom stereocenters. The van der Waals surface area contributed by atoms with Crippen molar-refractivity contribution >= 4 is 31.7 Å². The van der Waals surface area contributed by atoms with Crippen molar-refractivity contribution in [2.75, 3.05) is 25.5 Å². The van der Waals surface area contributed by atoms with Crippen LogP contribution in [0.5, 0.6) is 0 Å². The van der Waals surface area contributed by atoms with Gasteiger partial charge in [-0.1, -0.05) is 6.07 Å². The molecule has 0 spiro atoms. The number of pyridine rings is 1. The van der Waals surface area contributed by atoms with Crippen molar-refractivity contribution < 1.29 is 16.8 Å². The van der Waals surface area contributed by atoms with Gasteiger partial charge in [-0.25, -0.2) is 36.7 Å². The summed E-state index contributed by atoms with van der Waals surface area (Å²) < 4.78 is 53.6. The molecule has 1 aromatic heterocycles. The van der Waals surface area contributed by atoms with Gasteiger partial charge in [0.05, 0.1) is 5.56 Å². The second-order valence-corrected chi connectivity index (χ2v) is 9.85. The largest absolute Gasteiger partial charge is 0.384 e.